The summed E-state index contributed by atoms with van der Waals surface area (Å²) in [5.74, 6) is 0. The van der Waals surface area contributed by atoms with Gasteiger partial charge in [-0.1, -0.05) is 12.1 Å². The third-order valence-corrected chi connectivity index (χ3v) is 2.51. The Balaban J connectivity index is 3.18. The Bertz CT molecular complexity index is 336. The van der Waals surface area contributed by atoms with Crippen molar-refractivity contribution in [2.45, 2.75) is 17.5 Å². The van der Waals surface area contributed by atoms with Crippen LogP contribution in [-0.2, 0) is 4.87 Å². The third-order valence-electron chi connectivity index (χ3n) is 1.95. The monoisotopic (exact) mass is 235 g/mol. The predicted octanol–water partition coefficient (Wildman–Crippen LogP) is 3.65. The number of alkyl halides is 4. The fourth-order valence-electron chi connectivity index (χ4n) is 1.16. The average molecular weight is 236 g/mol. The van der Waals surface area contributed by atoms with Crippen LogP contribution in [0.4, 0.5) is 13.2 Å². The Labute approximate surface area is 90.6 Å². The number of allylic oxidation sites excluding steroid dienone is 1. The molecule has 0 aliphatic heterocycles. The van der Waals surface area contributed by atoms with Crippen LogP contribution in [0.5, 0.6) is 0 Å². The van der Waals surface area contributed by atoms with Gasteiger partial charge in [-0.25, -0.2) is 0 Å². The van der Waals surface area contributed by atoms with Crippen molar-refractivity contribution in [1.82, 2.24) is 4.98 Å². The Morgan fingerprint density at radius 1 is 1.40 bits per heavy atom. The number of halogens is 4. The van der Waals surface area contributed by atoms with E-state index in [0.717, 1.165) is 6.08 Å². The molecule has 1 heterocycles. The summed E-state index contributed by atoms with van der Waals surface area (Å²) in [5, 5.41) is 0. The van der Waals surface area contributed by atoms with Gasteiger partial charge in [0.1, 0.15) is 0 Å². The Morgan fingerprint density at radius 2 is 2.07 bits per heavy atom. The minimum absolute atomic E-state index is 0.209. The average Bonchev–Trinajstić information content (AvgIpc) is 2.18. The van der Waals surface area contributed by atoms with Gasteiger partial charge in [-0.3, -0.25) is 4.98 Å². The van der Waals surface area contributed by atoms with E-state index >= 15 is 0 Å². The zero-order valence-electron chi connectivity index (χ0n) is 7.76. The van der Waals surface area contributed by atoms with Crippen LogP contribution >= 0.6 is 11.6 Å². The first-order valence-corrected chi connectivity index (χ1v) is 4.57. The van der Waals surface area contributed by atoms with Crippen LogP contribution in [0, 0.1) is 0 Å². The van der Waals surface area contributed by atoms with Crippen LogP contribution in [0.15, 0.2) is 37.1 Å². The molecule has 82 valence electrons. The highest BCUT2D eigenvalue weighted by Gasteiger charge is 2.55. The highest BCUT2D eigenvalue weighted by Crippen LogP contribution is 2.46. The Hall–Kier alpha value is -1.03. The van der Waals surface area contributed by atoms with Crippen LogP contribution in [-0.4, -0.2) is 11.2 Å². The maximum absolute atomic E-state index is 12.8. The summed E-state index contributed by atoms with van der Waals surface area (Å²) < 4.78 is 38.3. The van der Waals surface area contributed by atoms with Gasteiger partial charge in [0.05, 0.1) is 5.69 Å². The first-order chi connectivity index (χ1) is 6.92. The van der Waals surface area contributed by atoms with E-state index in [0.29, 0.717) is 0 Å². The van der Waals surface area contributed by atoms with Crippen molar-refractivity contribution in [3.63, 3.8) is 0 Å². The second kappa shape index (κ2) is 4.23. The molecule has 1 unspecified atom stereocenters. The van der Waals surface area contributed by atoms with Crippen LogP contribution in [0.1, 0.15) is 12.1 Å². The fourth-order valence-corrected chi connectivity index (χ4v) is 1.38. The molecule has 1 aromatic rings. The lowest BCUT2D eigenvalue weighted by atomic mass is 9.99. The molecule has 0 bridgehead atoms. The van der Waals surface area contributed by atoms with Crippen molar-refractivity contribution in [1.29, 1.82) is 0 Å². The summed E-state index contributed by atoms with van der Waals surface area (Å²) in [6, 6.07) is 4.25. The molecule has 0 saturated heterocycles. The van der Waals surface area contributed by atoms with E-state index in [1.54, 1.807) is 0 Å². The maximum Gasteiger partial charge on any atom is 0.413 e. The largest absolute Gasteiger partial charge is 0.413 e. The highest BCUT2D eigenvalue weighted by molar-refractivity contribution is 6.24. The first kappa shape index (κ1) is 12.0. The lowest BCUT2D eigenvalue weighted by Gasteiger charge is -2.27. The van der Waals surface area contributed by atoms with Crippen molar-refractivity contribution in [2.24, 2.45) is 0 Å². The van der Waals surface area contributed by atoms with Crippen LogP contribution < -0.4 is 0 Å². The van der Waals surface area contributed by atoms with E-state index in [9.17, 15) is 13.2 Å². The second-order valence-electron chi connectivity index (χ2n) is 3.01. The standard InChI is InChI=1S/C10H9ClF3N/c1-2-6-9(11,10(12,13)14)8-5-3-4-7-15-8/h2-5,7H,1,6H2. The predicted molar refractivity (Wildman–Crippen MR) is 52.6 cm³/mol. The summed E-state index contributed by atoms with van der Waals surface area (Å²) in [5.41, 5.74) is -0.209. The van der Waals surface area contributed by atoms with Crippen LogP contribution in [0.2, 0.25) is 0 Å². The summed E-state index contributed by atoms with van der Waals surface area (Å²) in [7, 11) is 0. The molecule has 0 fully saturated rings. The molecule has 1 atom stereocenters. The molecule has 0 N–H and O–H groups in total. The molecule has 0 saturated carbocycles. The summed E-state index contributed by atoms with van der Waals surface area (Å²) in [6.07, 6.45) is -2.55. The molecule has 0 spiro atoms. The van der Waals surface area contributed by atoms with Gasteiger partial charge in [-0.2, -0.15) is 13.2 Å². The molecule has 0 radical (unpaired) electrons. The van der Waals surface area contributed by atoms with E-state index in [1.807, 2.05) is 0 Å². The van der Waals surface area contributed by atoms with Crippen LogP contribution in [0.3, 0.4) is 0 Å². The zero-order valence-corrected chi connectivity index (χ0v) is 8.52. The van der Waals surface area contributed by atoms with Gasteiger partial charge >= 0.3 is 6.18 Å². The van der Waals surface area contributed by atoms with E-state index in [-0.39, 0.29) is 5.69 Å². The molecule has 0 amide bonds. The molecule has 5 heteroatoms. The smallest absolute Gasteiger partial charge is 0.259 e. The molecule has 1 rings (SSSR count). The molecule has 0 aliphatic rings. The molecular weight excluding hydrogens is 227 g/mol. The molecule has 15 heavy (non-hydrogen) atoms. The third kappa shape index (κ3) is 2.31. The van der Waals surface area contributed by atoms with Gasteiger partial charge in [0.25, 0.3) is 0 Å². The lowest BCUT2D eigenvalue weighted by Crippen LogP contribution is -2.37. The normalized spacial score (nSPS) is 15.7. The molecule has 1 nitrogen and oxygen atoms in total. The van der Waals surface area contributed by atoms with Crippen molar-refractivity contribution in [2.75, 3.05) is 0 Å². The lowest BCUT2D eigenvalue weighted by molar-refractivity contribution is -0.165. The van der Waals surface area contributed by atoms with Crippen molar-refractivity contribution >= 4 is 11.6 Å². The number of aromatic nitrogens is 1. The number of hydrogen-bond acceptors (Lipinski definition) is 1. The summed E-state index contributed by atoms with van der Waals surface area (Å²) >= 11 is 5.58. The Kier molecular flexibility index (Phi) is 3.39. The number of nitrogens with zero attached hydrogens (tertiary/aromatic N) is 1. The van der Waals surface area contributed by atoms with E-state index in [4.69, 9.17) is 11.6 Å². The van der Waals surface area contributed by atoms with Gasteiger partial charge in [0.15, 0.2) is 4.87 Å². The number of rotatable bonds is 3. The van der Waals surface area contributed by atoms with Gasteiger partial charge in [0, 0.05) is 6.20 Å². The molecule has 0 aromatic carbocycles. The van der Waals surface area contributed by atoms with E-state index in [2.05, 4.69) is 11.6 Å². The van der Waals surface area contributed by atoms with Gasteiger partial charge in [-0.05, 0) is 18.6 Å². The van der Waals surface area contributed by atoms with E-state index < -0.39 is 17.5 Å². The van der Waals surface area contributed by atoms with E-state index in [1.165, 1.54) is 24.4 Å². The SMILES string of the molecule is C=CCC(Cl)(c1ccccn1)C(F)(F)F. The first-order valence-electron chi connectivity index (χ1n) is 4.20. The molecular formula is C10H9ClF3N. The second-order valence-corrected chi connectivity index (χ2v) is 3.65. The summed E-state index contributed by atoms with van der Waals surface area (Å²) in [4.78, 5) is 1.16. The highest BCUT2D eigenvalue weighted by atomic mass is 35.5. The minimum Gasteiger partial charge on any atom is -0.259 e. The molecule has 1 aromatic heterocycles. The fraction of sp³-hybridized carbons (Fsp3) is 0.300. The number of hydrogen-bond donors (Lipinski definition) is 0. The van der Waals surface area contributed by atoms with Gasteiger partial charge in [-0.15, -0.1) is 18.2 Å². The number of pyridine rings is 1. The Morgan fingerprint density at radius 3 is 2.47 bits per heavy atom. The summed E-state index contributed by atoms with van der Waals surface area (Å²) in [6.45, 7) is 3.27. The minimum atomic E-state index is -4.56. The van der Waals surface area contributed by atoms with Gasteiger partial charge < -0.3 is 0 Å². The van der Waals surface area contributed by atoms with Crippen molar-refractivity contribution in [3.05, 3.63) is 42.7 Å². The maximum atomic E-state index is 12.8. The van der Waals surface area contributed by atoms with Crippen LogP contribution in [0.25, 0.3) is 0 Å². The van der Waals surface area contributed by atoms with Crippen molar-refractivity contribution in [3.8, 4) is 0 Å². The topological polar surface area (TPSA) is 12.9 Å². The zero-order chi connectivity index (χ0) is 11.5. The molecule has 0 aliphatic carbocycles. The van der Waals surface area contributed by atoms with Crippen molar-refractivity contribution < 1.29 is 13.2 Å². The quantitative estimate of drug-likeness (QED) is 0.576. The van der Waals surface area contributed by atoms with Gasteiger partial charge in [0.2, 0.25) is 0 Å².